The quantitative estimate of drug-likeness (QED) is 0.600. The summed E-state index contributed by atoms with van der Waals surface area (Å²) >= 11 is 8.20. The number of Topliss-reactive ketones (excluding diaryl/α,β-unsaturated/α-hetero) is 1. The van der Waals surface area contributed by atoms with E-state index in [1.165, 1.54) is 0 Å². The van der Waals surface area contributed by atoms with Gasteiger partial charge in [-0.15, -0.1) is 11.3 Å². The van der Waals surface area contributed by atoms with E-state index < -0.39 is 0 Å². The molecule has 0 aliphatic heterocycles. The highest BCUT2D eigenvalue weighted by Crippen LogP contribution is 2.27. The zero-order valence-electron chi connectivity index (χ0n) is 6.73. The molecule has 0 amide bonds. The van der Waals surface area contributed by atoms with E-state index in [4.69, 9.17) is 0 Å². The van der Waals surface area contributed by atoms with E-state index in [0.29, 0.717) is 0 Å². The maximum Gasteiger partial charge on any atom is 0.177 e. The van der Waals surface area contributed by atoms with Gasteiger partial charge in [-0.25, -0.2) is 0 Å². The zero-order chi connectivity index (χ0) is 9.30. The lowest BCUT2D eigenvalue weighted by atomic mass is 10.1. The number of carbonyl (C=O) groups excluding carboxylic acids is 1. The molecule has 0 aliphatic rings. The van der Waals surface area contributed by atoms with E-state index in [0.717, 1.165) is 14.2 Å². The smallest absolute Gasteiger partial charge is 0.177 e. The minimum absolute atomic E-state index is 0.0994. The van der Waals surface area contributed by atoms with E-state index in [2.05, 4.69) is 31.9 Å². The van der Waals surface area contributed by atoms with Gasteiger partial charge in [0.2, 0.25) is 0 Å². The topological polar surface area (TPSA) is 17.1 Å². The number of hydrogen-bond acceptors (Lipinski definition) is 2. The summed E-state index contributed by atoms with van der Waals surface area (Å²) < 4.78 is 1.01. The molecule has 1 aromatic heterocycles. The predicted octanol–water partition coefficient (Wildman–Crippen LogP) is 3.79. The third kappa shape index (κ3) is 2.18. The second-order valence-electron chi connectivity index (χ2n) is 2.50. The number of thiophene rings is 1. The van der Waals surface area contributed by atoms with E-state index in [9.17, 15) is 4.79 Å². The predicted molar refractivity (Wildman–Crippen MR) is 59.5 cm³/mol. The van der Waals surface area contributed by atoms with Gasteiger partial charge in [0.15, 0.2) is 5.78 Å². The van der Waals surface area contributed by atoms with Gasteiger partial charge < -0.3 is 0 Å². The first-order chi connectivity index (χ1) is 5.52. The number of rotatable bonds is 2. The Labute approximate surface area is 92.4 Å². The SMILES string of the molecule is Cc1sc(Br)cc1C(=O)C(C)Br. The van der Waals surface area contributed by atoms with Crippen LogP contribution < -0.4 is 0 Å². The van der Waals surface area contributed by atoms with E-state index in [1.54, 1.807) is 11.3 Å². The second-order valence-corrected chi connectivity index (χ2v) is 6.51. The summed E-state index contributed by atoms with van der Waals surface area (Å²) in [6.07, 6.45) is 0. The van der Waals surface area contributed by atoms with Crippen molar-refractivity contribution in [2.75, 3.05) is 0 Å². The molecular formula is C8H8Br2OS. The summed E-state index contributed by atoms with van der Waals surface area (Å²) in [6, 6.07) is 1.88. The fourth-order valence-corrected chi connectivity index (χ4v) is 2.85. The highest BCUT2D eigenvalue weighted by atomic mass is 79.9. The molecule has 0 fully saturated rings. The molecule has 12 heavy (non-hydrogen) atoms. The first-order valence-corrected chi connectivity index (χ1v) is 5.99. The van der Waals surface area contributed by atoms with E-state index in [1.807, 2.05) is 19.9 Å². The lowest BCUT2D eigenvalue weighted by molar-refractivity contribution is 0.0996. The molecule has 66 valence electrons. The lowest BCUT2D eigenvalue weighted by Gasteiger charge is -1.99. The first kappa shape index (κ1) is 10.4. The van der Waals surface area contributed by atoms with Crippen LogP contribution in [0.3, 0.4) is 0 Å². The fourth-order valence-electron chi connectivity index (χ4n) is 0.905. The zero-order valence-corrected chi connectivity index (χ0v) is 10.7. The van der Waals surface area contributed by atoms with Crippen molar-refractivity contribution < 1.29 is 4.79 Å². The monoisotopic (exact) mass is 310 g/mol. The molecule has 1 aromatic rings. The first-order valence-electron chi connectivity index (χ1n) is 3.46. The normalized spacial score (nSPS) is 13.0. The molecular weight excluding hydrogens is 304 g/mol. The average Bonchev–Trinajstić information content (AvgIpc) is 2.28. The van der Waals surface area contributed by atoms with Crippen molar-refractivity contribution in [3.05, 3.63) is 20.3 Å². The van der Waals surface area contributed by atoms with Gasteiger partial charge in [0, 0.05) is 10.4 Å². The molecule has 0 aliphatic carbocycles. The molecule has 1 unspecified atom stereocenters. The maximum absolute atomic E-state index is 11.5. The van der Waals surface area contributed by atoms with Crippen LogP contribution in [0.5, 0.6) is 0 Å². The molecule has 0 saturated heterocycles. The van der Waals surface area contributed by atoms with Gasteiger partial charge in [0.05, 0.1) is 8.61 Å². The molecule has 0 saturated carbocycles. The van der Waals surface area contributed by atoms with Gasteiger partial charge in [-0.1, -0.05) is 15.9 Å². The fraction of sp³-hybridized carbons (Fsp3) is 0.375. The van der Waals surface area contributed by atoms with Crippen molar-refractivity contribution in [1.29, 1.82) is 0 Å². The standard InChI is InChI=1S/C8H8Br2OS/c1-4(9)8(11)6-3-7(10)12-5(6)2/h3-4H,1-2H3. The Hall–Kier alpha value is 0.330. The van der Waals surface area contributed by atoms with Crippen molar-refractivity contribution in [3.63, 3.8) is 0 Å². The van der Waals surface area contributed by atoms with E-state index in [-0.39, 0.29) is 10.6 Å². The molecule has 1 atom stereocenters. The van der Waals surface area contributed by atoms with Crippen molar-refractivity contribution in [2.24, 2.45) is 0 Å². The highest BCUT2D eigenvalue weighted by molar-refractivity contribution is 9.11. The van der Waals surface area contributed by atoms with Crippen LogP contribution in [0.1, 0.15) is 22.2 Å². The number of halogens is 2. The minimum atomic E-state index is -0.0994. The summed E-state index contributed by atoms with van der Waals surface area (Å²) in [5.74, 6) is 0.148. The largest absolute Gasteiger partial charge is 0.293 e. The molecule has 1 nitrogen and oxygen atoms in total. The Kier molecular flexibility index (Phi) is 3.49. The molecule has 1 rings (SSSR count). The van der Waals surface area contributed by atoms with Crippen molar-refractivity contribution in [2.45, 2.75) is 18.7 Å². The summed E-state index contributed by atoms with van der Waals surface area (Å²) in [7, 11) is 0. The molecule has 0 N–H and O–H groups in total. The molecule has 1 heterocycles. The third-order valence-electron chi connectivity index (χ3n) is 1.51. The van der Waals surface area contributed by atoms with Gasteiger partial charge in [0.25, 0.3) is 0 Å². The van der Waals surface area contributed by atoms with Crippen LogP contribution in [0, 0.1) is 6.92 Å². The molecule has 0 radical (unpaired) electrons. The van der Waals surface area contributed by atoms with Crippen molar-refractivity contribution >= 4 is 49.0 Å². The number of ketones is 1. The van der Waals surface area contributed by atoms with E-state index >= 15 is 0 Å². The number of aryl methyl sites for hydroxylation is 1. The van der Waals surface area contributed by atoms with Crippen LogP contribution in [0.2, 0.25) is 0 Å². The Morgan fingerprint density at radius 2 is 2.25 bits per heavy atom. The van der Waals surface area contributed by atoms with Crippen LogP contribution in [0.15, 0.2) is 9.85 Å². The minimum Gasteiger partial charge on any atom is -0.293 e. The van der Waals surface area contributed by atoms with Gasteiger partial charge in [-0.05, 0) is 35.8 Å². The molecule has 0 bridgehead atoms. The molecule has 0 spiro atoms. The van der Waals surface area contributed by atoms with Crippen LogP contribution >= 0.6 is 43.2 Å². The maximum atomic E-state index is 11.5. The number of hydrogen-bond donors (Lipinski definition) is 0. The second kappa shape index (κ2) is 4.03. The van der Waals surface area contributed by atoms with Crippen LogP contribution in [0.25, 0.3) is 0 Å². The van der Waals surface area contributed by atoms with Crippen molar-refractivity contribution in [3.8, 4) is 0 Å². The summed E-state index contributed by atoms with van der Waals surface area (Å²) in [5.41, 5.74) is 0.816. The van der Waals surface area contributed by atoms with Gasteiger partial charge in [-0.3, -0.25) is 4.79 Å². The Morgan fingerprint density at radius 3 is 2.58 bits per heavy atom. The van der Waals surface area contributed by atoms with Crippen LogP contribution in [0.4, 0.5) is 0 Å². The summed E-state index contributed by atoms with van der Waals surface area (Å²) in [4.78, 5) is 12.5. The molecule has 4 heteroatoms. The Morgan fingerprint density at radius 1 is 1.67 bits per heavy atom. The van der Waals surface area contributed by atoms with Gasteiger partial charge >= 0.3 is 0 Å². The Balaban J connectivity index is 3.02. The number of alkyl halides is 1. The van der Waals surface area contributed by atoms with Crippen molar-refractivity contribution in [1.82, 2.24) is 0 Å². The lowest BCUT2D eigenvalue weighted by Crippen LogP contribution is -2.09. The Bertz CT molecular complexity index is 304. The average molecular weight is 312 g/mol. The molecule has 0 aromatic carbocycles. The number of carbonyl (C=O) groups is 1. The van der Waals surface area contributed by atoms with Gasteiger partial charge in [0.1, 0.15) is 0 Å². The van der Waals surface area contributed by atoms with Gasteiger partial charge in [-0.2, -0.15) is 0 Å². The summed E-state index contributed by atoms with van der Waals surface area (Å²) in [6.45, 7) is 3.80. The summed E-state index contributed by atoms with van der Waals surface area (Å²) in [5, 5.41) is 0. The van der Waals surface area contributed by atoms with Crippen LogP contribution in [-0.4, -0.2) is 10.6 Å². The third-order valence-corrected chi connectivity index (χ3v) is 3.48. The van der Waals surface area contributed by atoms with Crippen LogP contribution in [-0.2, 0) is 0 Å². The highest BCUT2D eigenvalue weighted by Gasteiger charge is 2.16.